The third-order valence-corrected chi connectivity index (χ3v) is 5.58. The second-order valence-electron chi connectivity index (χ2n) is 7.84. The Labute approximate surface area is 187 Å². The van der Waals surface area contributed by atoms with E-state index >= 15 is 0 Å². The molecule has 1 N–H and O–H groups in total. The van der Waals surface area contributed by atoms with Gasteiger partial charge < -0.3 is 19.4 Å². The van der Waals surface area contributed by atoms with Gasteiger partial charge >= 0.3 is 0 Å². The fourth-order valence-electron chi connectivity index (χ4n) is 3.66. The van der Waals surface area contributed by atoms with Crippen molar-refractivity contribution in [2.75, 3.05) is 31.5 Å². The number of hydrogen-bond donors (Lipinski definition) is 1. The highest BCUT2D eigenvalue weighted by Crippen LogP contribution is 2.23. The summed E-state index contributed by atoms with van der Waals surface area (Å²) < 4.78 is 11.2. The standard InChI is InChI=1S/C25H27N3O4/c1-18-8-13-23(31-18)25(30)28-16-14-27(15-17-28)19(2)24(29)26-20-9-11-22(12-10-20)32-21-6-4-3-5-7-21/h3-13,19H,14-17H2,1-2H3,(H,26,29). The number of furan rings is 1. The lowest BCUT2D eigenvalue weighted by molar-refractivity contribution is -0.121. The molecular formula is C25H27N3O4. The van der Waals surface area contributed by atoms with Crippen LogP contribution in [0.4, 0.5) is 5.69 Å². The highest BCUT2D eigenvalue weighted by molar-refractivity contribution is 5.94. The molecule has 0 aliphatic carbocycles. The first-order chi connectivity index (χ1) is 15.5. The largest absolute Gasteiger partial charge is 0.457 e. The van der Waals surface area contributed by atoms with Gasteiger partial charge in [-0.3, -0.25) is 14.5 Å². The van der Waals surface area contributed by atoms with E-state index in [1.807, 2.05) is 68.4 Å². The fraction of sp³-hybridized carbons (Fsp3) is 0.280. The number of carbonyl (C=O) groups is 2. The van der Waals surface area contributed by atoms with Crippen LogP contribution in [0.15, 0.2) is 71.1 Å². The molecule has 7 heteroatoms. The van der Waals surface area contributed by atoms with Gasteiger partial charge in [-0.25, -0.2) is 0 Å². The molecule has 0 spiro atoms. The maximum absolute atomic E-state index is 12.7. The number of aryl methyl sites for hydroxylation is 1. The Balaban J connectivity index is 1.27. The minimum Gasteiger partial charge on any atom is -0.457 e. The van der Waals surface area contributed by atoms with E-state index in [0.717, 1.165) is 11.5 Å². The van der Waals surface area contributed by atoms with Crippen molar-refractivity contribution < 1.29 is 18.7 Å². The molecule has 1 saturated heterocycles. The Morgan fingerprint density at radius 1 is 0.906 bits per heavy atom. The zero-order valence-corrected chi connectivity index (χ0v) is 18.3. The molecule has 2 heterocycles. The van der Waals surface area contributed by atoms with Gasteiger partial charge in [0.1, 0.15) is 17.3 Å². The number of ether oxygens (including phenoxy) is 1. The molecule has 3 aromatic rings. The zero-order chi connectivity index (χ0) is 22.5. The topological polar surface area (TPSA) is 75.0 Å². The van der Waals surface area contributed by atoms with Crippen molar-refractivity contribution in [2.45, 2.75) is 19.9 Å². The Hall–Kier alpha value is -3.58. The van der Waals surface area contributed by atoms with Crippen molar-refractivity contribution in [2.24, 2.45) is 0 Å². The molecule has 1 fully saturated rings. The molecule has 1 aliphatic rings. The van der Waals surface area contributed by atoms with Gasteiger partial charge in [-0.05, 0) is 62.4 Å². The van der Waals surface area contributed by atoms with Gasteiger partial charge in [0.2, 0.25) is 5.91 Å². The van der Waals surface area contributed by atoms with E-state index in [2.05, 4.69) is 10.2 Å². The normalized spacial score (nSPS) is 15.2. The third kappa shape index (κ3) is 5.18. The molecule has 1 atom stereocenters. The van der Waals surface area contributed by atoms with E-state index < -0.39 is 0 Å². The molecule has 0 radical (unpaired) electrons. The van der Waals surface area contributed by atoms with E-state index in [-0.39, 0.29) is 17.9 Å². The van der Waals surface area contributed by atoms with Crippen LogP contribution in [0.2, 0.25) is 0 Å². The number of nitrogens with zero attached hydrogens (tertiary/aromatic N) is 2. The summed E-state index contributed by atoms with van der Waals surface area (Å²) in [6.45, 7) is 6.08. The van der Waals surface area contributed by atoms with E-state index in [9.17, 15) is 9.59 Å². The van der Waals surface area contributed by atoms with Crippen LogP contribution in [0, 0.1) is 6.92 Å². The number of benzene rings is 2. The molecule has 2 aromatic carbocycles. The van der Waals surface area contributed by atoms with Gasteiger partial charge in [0.05, 0.1) is 6.04 Å². The van der Waals surface area contributed by atoms with Crippen LogP contribution in [-0.4, -0.2) is 53.8 Å². The molecule has 1 aliphatic heterocycles. The summed E-state index contributed by atoms with van der Waals surface area (Å²) in [4.78, 5) is 29.1. The number of hydrogen-bond acceptors (Lipinski definition) is 5. The van der Waals surface area contributed by atoms with Gasteiger partial charge in [0.15, 0.2) is 5.76 Å². The maximum atomic E-state index is 12.7. The number of para-hydroxylation sites is 1. The Kier molecular flexibility index (Phi) is 6.56. The number of carbonyl (C=O) groups excluding carboxylic acids is 2. The second kappa shape index (κ2) is 9.70. The van der Waals surface area contributed by atoms with E-state index in [0.29, 0.717) is 43.4 Å². The van der Waals surface area contributed by atoms with Crippen LogP contribution in [0.1, 0.15) is 23.2 Å². The van der Waals surface area contributed by atoms with Crippen molar-refractivity contribution in [3.05, 3.63) is 78.3 Å². The number of rotatable bonds is 6. The molecule has 166 valence electrons. The van der Waals surface area contributed by atoms with Gasteiger partial charge in [-0.1, -0.05) is 18.2 Å². The summed E-state index contributed by atoms with van der Waals surface area (Å²) >= 11 is 0. The molecule has 1 unspecified atom stereocenters. The van der Waals surface area contributed by atoms with Crippen molar-refractivity contribution in [1.82, 2.24) is 9.80 Å². The summed E-state index contributed by atoms with van der Waals surface area (Å²) in [5.41, 5.74) is 0.712. The predicted molar refractivity (Wildman–Crippen MR) is 122 cm³/mol. The summed E-state index contributed by atoms with van der Waals surface area (Å²) in [6, 6.07) is 20.0. The second-order valence-corrected chi connectivity index (χ2v) is 7.84. The average molecular weight is 434 g/mol. The highest BCUT2D eigenvalue weighted by atomic mass is 16.5. The SMILES string of the molecule is Cc1ccc(C(=O)N2CCN(C(C)C(=O)Nc3ccc(Oc4ccccc4)cc3)CC2)o1. The van der Waals surface area contributed by atoms with Crippen molar-refractivity contribution >= 4 is 17.5 Å². The van der Waals surface area contributed by atoms with Crippen LogP contribution in [0.5, 0.6) is 11.5 Å². The number of piperazine rings is 1. The van der Waals surface area contributed by atoms with Gasteiger partial charge in [-0.2, -0.15) is 0 Å². The molecular weight excluding hydrogens is 406 g/mol. The van der Waals surface area contributed by atoms with E-state index in [4.69, 9.17) is 9.15 Å². The van der Waals surface area contributed by atoms with Crippen molar-refractivity contribution in [1.29, 1.82) is 0 Å². The number of amides is 2. The monoisotopic (exact) mass is 433 g/mol. The minimum atomic E-state index is -0.307. The Morgan fingerprint density at radius 2 is 1.56 bits per heavy atom. The van der Waals surface area contributed by atoms with E-state index in [1.54, 1.807) is 17.0 Å². The van der Waals surface area contributed by atoms with Gasteiger partial charge in [-0.15, -0.1) is 0 Å². The van der Waals surface area contributed by atoms with Crippen LogP contribution < -0.4 is 10.1 Å². The first-order valence-corrected chi connectivity index (χ1v) is 10.7. The predicted octanol–water partition coefficient (Wildman–Crippen LogP) is 4.17. The quantitative estimate of drug-likeness (QED) is 0.632. The Bertz CT molecular complexity index is 1050. The smallest absolute Gasteiger partial charge is 0.289 e. The highest BCUT2D eigenvalue weighted by Gasteiger charge is 2.28. The molecule has 7 nitrogen and oxygen atoms in total. The lowest BCUT2D eigenvalue weighted by Crippen LogP contribution is -2.54. The Morgan fingerprint density at radius 3 is 2.19 bits per heavy atom. The summed E-state index contributed by atoms with van der Waals surface area (Å²) in [6.07, 6.45) is 0. The van der Waals surface area contributed by atoms with Crippen LogP contribution in [0.3, 0.4) is 0 Å². The summed E-state index contributed by atoms with van der Waals surface area (Å²) in [7, 11) is 0. The lowest BCUT2D eigenvalue weighted by Gasteiger charge is -2.37. The lowest BCUT2D eigenvalue weighted by atomic mass is 10.2. The molecule has 4 rings (SSSR count). The molecule has 0 saturated carbocycles. The first kappa shape index (κ1) is 21.6. The number of anilines is 1. The molecule has 2 amide bonds. The van der Waals surface area contributed by atoms with Crippen LogP contribution in [0.25, 0.3) is 0 Å². The van der Waals surface area contributed by atoms with Crippen molar-refractivity contribution in [3.8, 4) is 11.5 Å². The third-order valence-electron chi connectivity index (χ3n) is 5.58. The van der Waals surface area contributed by atoms with Gasteiger partial charge in [0.25, 0.3) is 5.91 Å². The molecule has 0 bridgehead atoms. The summed E-state index contributed by atoms with van der Waals surface area (Å²) in [5, 5.41) is 2.96. The summed E-state index contributed by atoms with van der Waals surface area (Å²) in [5.74, 6) is 2.36. The van der Waals surface area contributed by atoms with Crippen LogP contribution in [-0.2, 0) is 4.79 Å². The van der Waals surface area contributed by atoms with E-state index in [1.165, 1.54) is 0 Å². The molecule has 32 heavy (non-hydrogen) atoms. The van der Waals surface area contributed by atoms with Crippen LogP contribution >= 0.6 is 0 Å². The van der Waals surface area contributed by atoms with Crippen molar-refractivity contribution in [3.63, 3.8) is 0 Å². The maximum Gasteiger partial charge on any atom is 0.289 e. The number of nitrogens with one attached hydrogen (secondary N) is 1. The minimum absolute atomic E-state index is 0.0804. The first-order valence-electron chi connectivity index (χ1n) is 10.7. The molecule has 1 aromatic heterocycles. The van der Waals surface area contributed by atoms with Gasteiger partial charge in [0, 0.05) is 31.9 Å². The fourth-order valence-corrected chi connectivity index (χ4v) is 3.66. The average Bonchev–Trinajstić information content (AvgIpc) is 3.26. The zero-order valence-electron chi connectivity index (χ0n) is 18.3.